The molecule has 0 bridgehead atoms. The van der Waals surface area contributed by atoms with E-state index in [0.29, 0.717) is 40.0 Å². The van der Waals surface area contributed by atoms with Crippen LogP contribution in [0.15, 0.2) is 36.1 Å². The van der Waals surface area contributed by atoms with Crippen LogP contribution in [0.1, 0.15) is 42.3 Å². The largest absolute Gasteiger partial charge is 0.482 e. The number of rotatable bonds is 4. The number of hydrogen-bond acceptors (Lipinski definition) is 7. The molecule has 0 amide bonds. The van der Waals surface area contributed by atoms with E-state index in [-0.39, 0.29) is 24.9 Å². The Morgan fingerprint density at radius 1 is 1.23 bits per heavy atom. The molecule has 4 rings (SSSR count). The van der Waals surface area contributed by atoms with Gasteiger partial charge in [0, 0.05) is 22.2 Å². The molecule has 8 heteroatoms. The third kappa shape index (κ3) is 4.84. The quantitative estimate of drug-likeness (QED) is 0.505. The molecule has 162 valence electrons. The van der Waals surface area contributed by atoms with E-state index in [0.717, 1.165) is 5.56 Å². The van der Waals surface area contributed by atoms with Gasteiger partial charge in [0.2, 0.25) is 5.78 Å². The number of esters is 1. The van der Waals surface area contributed by atoms with E-state index in [1.165, 1.54) is 0 Å². The van der Waals surface area contributed by atoms with Crippen molar-refractivity contribution < 1.29 is 33.3 Å². The summed E-state index contributed by atoms with van der Waals surface area (Å²) < 4.78 is 27.3. The Morgan fingerprint density at radius 3 is 2.81 bits per heavy atom. The third-order valence-corrected chi connectivity index (χ3v) is 4.63. The van der Waals surface area contributed by atoms with E-state index < -0.39 is 11.6 Å². The van der Waals surface area contributed by atoms with Gasteiger partial charge in [0.25, 0.3) is 0 Å². The van der Waals surface area contributed by atoms with Gasteiger partial charge in [-0.3, -0.25) is 4.79 Å². The van der Waals surface area contributed by atoms with E-state index in [1.54, 1.807) is 57.2 Å². The summed E-state index contributed by atoms with van der Waals surface area (Å²) >= 11 is 6.19. The molecule has 0 fully saturated rings. The van der Waals surface area contributed by atoms with Gasteiger partial charge < -0.3 is 23.7 Å². The van der Waals surface area contributed by atoms with E-state index in [1.807, 2.05) is 0 Å². The maximum atomic E-state index is 12.8. The molecule has 0 saturated heterocycles. The van der Waals surface area contributed by atoms with Crippen LogP contribution >= 0.6 is 11.6 Å². The van der Waals surface area contributed by atoms with E-state index in [4.69, 9.17) is 35.3 Å². The smallest absolute Gasteiger partial charge is 0.344 e. The highest BCUT2D eigenvalue weighted by Gasteiger charge is 2.29. The second-order valence-electron chi connectivity index (χ2n) is 8.07. The molecule has 2 aliphatic heterocycles. The Hall–Kier alpha value is -3.03. The third-order valence-electron chi connectivity index (χ3n) is 4.41. The lowest BCUT2D eigenvalue weighted by atomic mass is 10.1. The van der Waals surface area contributed by atoms with Gasteiger partial charge in [-0.05, 0) is 51.1 Å². The fourth-order valence-corrected chi connectivity index (χ4v) is 3.48. The number of carbonyl (C=O) groups excluding carboxylic acids is 2. The number of benzene rings is 2. The number of Topliss-reactive ketones (excluding diaryl/α,β-unsaturated/α-hetero) is 1. The van der Waals surface area contributed by atoms with Gasteiger partial charge in [0.15, 0.2) is 19.2 Å². The lowest BCUT2D eigenvalue weighted by molar-refractivity contribution is -0.157. The summed E-state index contributed by atoms with van der Waals surface area (Å²) in [6.45, 7) is 5.59. The molecule has 2 aliphatic rings. The van der Waals surface area contributed by atoms with Gasteiger partial charge in [0.05, 0.1) is 12.2 Å². The highest BCUT2D eigenvalue weighted by molar-refractivity contribution is 6.31. The first-order valence-electron chi connectivity index (χ1n) is 9.65. The predicted molar refractivity (Wildman–Crippen MR) is 112 cm³/mol. The molecule has 2 aromatic rings. The number of ether oxygens (including phenoxy) is 5. The molecule has 2 heterocycles. The summed E-state index contributed by atoms with van der Waals surface area (Å²) in [4.78, 5) is 24.6. The van der Waals surface area contributed by atoms with Crippen molar-refractivity contribution in [2.75, 3.05) is 13.4 Å². The molecule has 2 aromatic carbocycles. The summed E-state index contributed by atoms with van der Waals surface area (Å²) in [7, 11) is 0. The van der Waals surface area contributed by atoms with Crippen LogP contribution in [-0.2, 0) is 20.9 Å². The SMILES string of the molecule is CC(C)(C)OC(=O)COc1ccc2c(c1)OC(=Cc1cc(Cl)cc3c1OCOC3)C2=O. The van der Waals surface area contributed by atoms with E-state index >= 15 is 0 Å². The Labute approximate surface area is 184 Å². The molecule has 0 radical (unpaired) electrons. The molecule has 0 aromatic heterocycles. The van der Waals surface area contributed by atoms with Crippen molar-refractivity contribution in [2.45, 2.75) is 33.0 Å². The normalized spacial score (nSPS) is 16.3. The van der Waals surface area contributed by atoms with E-state index in [9.17, 15) is 9.59 Å². The molecular weight excluding hydrogens is 424 g/mol. The van der Waals surface area contributed by atoms with Crippen LogP contribution in [0.5, 0.6) is 17.2 Å². The standard InChI is InChI=1S/C23H21ClO7/c1-23(2,3)31-20(25)11-28-16-4-5-17-18(9-16)30-19(21(17)26)8-13-6-15(24)7-14-10-27-12-29-22(13)14/h4-9H,10-12H2,1-3H3. The summed E-state index contributed by atoms with van der Waals surface area (Å²) in [5.74, 6) is 0.725. The minimum absolute atomic E-state index is 0.123. The number of hydrogen-bond donors (Lipinski definition) is 0. The van der Waals surface area contributed by atoms with E-state index in [2.05, 4.69) is 0 Å². The fraction of sp³-hybridized carbons (Fsp3) is 0.304. The van der Waals surface area contributed by atoms with Crippen molar-refractivity contribution in [1.29, 1.82) is 0 Å². The predicted octanol–water partition coefficient (Wildman–Crippen LogP) is 4.54. The molecule has 0 saturated carbocycles. The van der Waals surface area contributed by atoms with Crippen molar-refractivity contribution in [2.24, 2.45) is 0 Å². The molecule has 7 nitrogen and oxygen atoms in total. The van der Waals surface area contributed by atoms with Gasteiger partial charge >= 0.3 is 5.97 Å². The Bertz CT molecular complexity index is 1080. The van der Waals surface area contributed by atoms with Gasteiger partial charge in [-0.25, -0.2) is 4.79 Å². The Kier molecular flexibility index (Phi) is 5.64. The molecular formula is C23H21ClO7. The van der Waals surface area contributed by atoms with Crippen molar-refractivity contribution in [3.05, 3.63) is 57.8 Å². The first-order chi connectivity index (χ1) is 14.7. The average Bonchev–Trinajstić information content (AvgIpc) is 3.00. The van der Waals surface area contributed by atoms with Gasteiger partial charge in [-0.15, -0.1) is 0 Å². The zero-order valence-electron chi connectivity index (χ0n) is 17.3. The maximum Gasteiger partial charge on any atom is 0.344 e. The monoisotopic (exact) mass is 444 g/mol. The lowest BCUT2D eigenvalue weighted by Gasteiger charge is -2.20. The number of allylic oxidation sites excluding steroid dienone is 1. The molecule has 0 N–H and O–H groups in total. The molecule has 0 aliphatic carbocycles. The summed E-state index contributed by atoms with van der Waals surface area (Å²) in [5, 5.41) is 0.500. The zero-order chi connectivity index (χ0) is 22.2. The van der Waals surface area contributed by atoms with Gasteiger partial charge in [-0.2, -0.15) is 0 Å². The zero-order valence-corrected chi connectivity index (χ0v) is 18.1. The minimum Gasteiger partial charge on any atom is -0.482 e. The fourth-order valence-electron chi connectivity index (χ4n) is 3.23. The first kappa shape index (κ1) is 21.2. The molecule has 31 heavy (non-hydrogen) atoms. The van der Waals surface area contributed by atoms with Crippen LogP contribution in [0.3, 0.4) is 0 Å². The number of halogens is 1. The highest BCUT2D eigenvalue weighted by Crippen LogP contribution is 2.38. The highest BCUT2D eigenvalue weighted by atomic mass is 35.5. The molecule has 0 atom stereocenters. The topological polar surface area (TPSA) is 80.3 Å². The lowest BCUT2D eigenvalue weighted by Crippen LogP contribution is -2.27. The van der Waals surface area contributed by atoms with Gasteiger partial charge in [0.1, 0.15) is 22.8 Å². The van der Waals surface area contributed by atoms with Crippen molar-refractivity contribution in [1.82, 2.24) is 0 Å². The second-order valence-corrected chi connectivity index (χ2v) is 8.50. The number of carbonyl (C=O) groups is 2. The minimum atomic E-state index is -0.594. The van der Waals surface area contributed by atoms with Crippen LogP contribution in [0.4, 0.5) is 0 Å². The first-order valence-corrected chi connectivity index (χ1v) is 10.0. The Balaban J connectivity index is 1.52. The summed E-state index contributed by atoms with van der Waals surface area (Å²) in [6.07, 6.45) is 1.60. The molecule has 0 spiro atoms. The van der Waals surface area contributed by atoms with Crippen molar-refractivity contribution >= 4 is 29.4 Å². The number of fused-ring (bicyclic) bond motifs is 2. The average molecular weight is 445 g/mol. The van der Waals surface area contributed by atoms with Crippen LogP contribution in [0, 0.1) is 0 Å². The van der Waals surface area contributed by atoms with Crippen LogP contribution in [-0.4, -0.2) is 30.8 Å². The van der Waals surface area contributed by atoms with Crippen LogP contribution < -0.4 is 14.2 Å². The molecule has 0 unspecified atom stereocenters. The summed E-state index contributed by atoms with van der Waals surface area (Å²) in [6, 6.07) is 8.23. The number of ketones is 1. The Morgan fingerprint density at radius 2 is 2.03 bits per heavy atom. The van der Waals surface area contributed by atoms with Gasteiger partial charge in [-0.1, -0.05) is 11.6 Å². The second kappa shape index (κ2) is 8.24. The van der Waals surface area contributed by atoms with Crippen LogP contribution in [0.2, 0.25) is 5.02 Å². The summed E-state index contributed by atoms with van der Waals surface area (Å²) in [5.41, 5.74) is 1.23. The van der Waals surface area contributed by atoms with Crippen LogP contribution in [0.25, 0.3) is 6.08 Å². The van der Waals surface area contributed by atoms with Crippen molar-refractivity contribution in [3.63, 3.8) is 0 Å². The maximum absolute atomic E-state index is 12.8. The van der Waals surface area contributed by atoms with Crippen molar-refractivity contribution in [3.8, 4) is 17.2 Å².